The molecule has 0 unspecified atom stereocenters. The molecule has 1 aromatic rings. The Hall–Kier alpha value is -2.24. The fourth-order valence-electron chi connectivity index (χ4n) is 3.47. The van der Waals surface area contributed by atoms with E-state index < -0.39 is 0 Å². The number of carbonyl (C=O) groups is 1. The van der Waals surface area contributed by atoms with Crippen molar-refractivity contribution in [3.8, 4) is 5.75 Å². The van der Waals surface area contributed by atoms with Crippen LogP contribution in [-0.4, -0.2) is 56.6 Å². The second-order valence-corrected chi connectivity index (χ2v) is 7.22. The lowest BCUT2D eigenvalue weighted by molar-refractivity contribution is -0.121. The normalized spacial score (nSPS) is 15.6. The second-order valence-electron chi connectivity index (χ2n) is 7.22. The lowest BCUT2D eigenvalue weighted by Crippen LogP contribution is -2.46. The summed E-state index contributed by atoms with van der Waals surface area (Å²) in [7, 11) is 1.70. The van der Waals surface area contributed by atoms with Gasteiger partial charge < -0.3 is 20.3 Å². The number of piperidine rings is 1. The van der Waals surface area contributed by atoms with Crippen molar-refractivity contribution in [1.82, 2.24) is 15.5 Å². The highest BCUT2D eigenvalue weighted by Gasteiger charge is 2.22. The summed E-state index contributed by atoms with van der Waals surface area (Å²) < 4.78 is 5.86. The number of hydrogen-bond acceptors (Lipinski definition) is 3. The maximum Gasteiger partial charge on any atom is 0.220 e. The Balaban J connectivity index is 1.82. The van der Waals surface area contributed by atoms with Crippen LogP contribution in [0.15, 0.2) is 23.2 Å². The van der Waals surface area contributed by atoms with Crippen molar-refractivity contribution in [2.45, 2.75) is 40.0 Å². The number of rotatable bonds is 7. The molecule has 0 aliphatic carbocycles. The van der Waals surface area contributed by atoms with Crippen LogP contribution < -0.4 is 15.4 Å². The van der Waals surface area contributed by atoms with E-state index in [-0.39, 0.29) is 5.91 Å². The summed E-state index contributed by atoms with van der Waals surface area (Å²) in [6.07, 6.45) is 2.68. The maximum atomic E-state index is 11.6. The van der Waals surface area contributed by atoms with E-state index in [2.05, 4.69) is 54.5 Å². The predicted octanol–water partition coefficient (Wildman–Crippen LogP) is 2.50. The number of guanidine groups is 1. The minimum atomic E-state index is 0.137. The first-order valence-corrected chi connectivity index (χ1v) is 9.96. The number of carbonyl (C=O) groups excluding carboxylic acids is 1. The van der Waals surface area contributed by atoms with Crippen LogP contribution >= 0.6 is 0 Å². The monoisotopic (exact) mass is 374 g/mol. The molecule has 1 aliphatic rings. The molecular formula is C21H34N4O2. The van der Waals surface area contributed by atoms with E-state index in [1.807, 2.05) is 0 Å². The Kier molecular flexibility index (Phi) is 8.43. The number of aryl methyl sites for hydroxylation is 2. The summed E-state index contributed by atoms with van der Waals surface area (Å²) in [6.45, 7) is 10.1. The van der Waals surface area contributed by atoms with Gasteiger partial charge in [0.05, 0.1) is 6.54 Å². The van der Waals surface area contributed by atoms with Gasteiger partial charge in [-0.15, -0.1) is 0 Å². The first-order valence-electron chi connectivity index (χ1n) is 9.96. The van der Waals surface area contributed by atoms with Crippen LogP contribution in [0.1, 0.15) is 37.3 Å². The largest absolute Gasteiger partial charge is 0.492 e. The van der Waals surface area contributed by atoms with Gasteiger partial charge in [0.25, 0.3) is 0 Å². The lowest BCUT2D eigenvalue weighted by Gasteiger charge is -2.34. The van der Waals surface area contributed by atoms with Gasteiger partial charge in [-0.25, -0.2) is 4.99 Å². The Bertz CT molecular complexity index is 617. The molecule has 0 saturated carbocycles. The van der Waals surface area contributed by atoms with Gasteiger partial charge in [-0.05, 0) is 62.8 Å². The fourth-order valence-corrected chi connectivity index (χ4v) is 3.47. The molecule has 150 valence electrons. The standard InChI is InChI=1S/C21H34N4O2/c1-5-23-21(25-9-6-18(7-10-25)15-20(26)22-4)24-8-11-27-19-13-16(2)12-17(3)14-19/h12-14,18H,5-11,15H2,1-4H3,(H,22,26)(H,23,24). The topological polar surface area (TPSA) is 66.0 Å². The van der Waals surface area contributed by atoms with E-state index in [1.165, 1.54) is 11.1 Å². The van der Waals surface area contributed by atoms with Gasteiger partial charge in [-0.3, -0.25) is 4.79 Å². The molecule has 0 spiro atoms. The zero-order valence-electron chi connectivity index (χ0n) is 17.2. The molecule has 27 heavy (non-hydrogen) atoms. The average Bonchev–Trinajstić information content (AvgIpc) is 2.64. The summed E-state index contributed by atoms with van der Waals surface area (Å²) >= 11 is 0. The number of benzene rings is 1. The lowest BCUT2D eigenvalue weighted by atomic mass is 9.93. The zero-order chi connectivity index (χ0) is 19.6. The minimum absolute atomic E-state index is 0.137. The van der Waals surface area contributed by atoms with Crippen molar-refractivity contribution < 1.29 is 9.53 Å². The number of aliphatic imine (C=N–C) groups is 1. The first-order chi connectivity index (χ1) is 13.0. The summed E-state index contributed by atoms with van der Waals surface area (Å²) in [6, 6.07) is 6.25. The highest BCUT2D eigenvalue weighted by atomic mass is 16.5. The van der Waals surface area contributed by atoms with Crippen LogP contribution in [0, 0.1) is 19.8 Å². The van der Waals surface area contributed by atoms with Gasteiger partial charge in [0.1, 0.15) is 12.4 Å². The van der Waals surface area contributed by atoms with Crippen LogP contribution in [0.3, 0.4) is 0 Å². The highest BCUT2D eigenvalue weighted by Crippen LogP contribution is 2.20. The second kappa shape index (κ2) is 10.8. The van der Waals surface area contributed by atoms with E-state index in [4.69, 9.17) is 9.73 Å². The molecule has 6 nitrogen and oxygen atoms in total. The molecule has 1 fully saturated rings. The van der Waals surface area contributed by atoms with Crippen molar-refractivity contribution >= 4 is 11.9 Å². The van der Waals surface area contributed by atoms with Gasteiger partial charge in [-0.1, -0.05) is 6.07 Å². The van der Waals surface area contributed by atoms with Gasteiger partial charge >= 0.3 is 0 Å². The molecule has 1 saturated heterocycles. The van der Waals surface area contributed by atoms with Crippen molar-refractivity contribution in [2.75, 3.05) is 39.8 Å². The van der Waals surface area contributed by atoms with E-state index >= 15 is 0 Å². The van der Waals surface area contributed by atoms with Crippen LogP contribution in [0.5, 0.6) is 5.75 Å². The van der Waals surface area contributed by atoms with E-state index in [9.17, 15) is 4.79 Å². The summed E-state index contributed by atoms with van der Waals surface area (Å²) in [5.41, 5.74) is 2.42. The van der Waals surface area contributed by atoms with E-state index in [0.717, 1.165) is 44.2 Å². The molecular weight excluding hydrogens is 340 g/mol. The van der Waals surface area contributed by atoms with Gasteiger partial charge in [0.15, 0.2) is 5.96 Å². The van der Waals surface area contributed by atoms with Crippen molar-refractivity contribution in [2.24, 2.45) is 10.9 Å². The minimum Gasteiger partial charge on any atom is -0.492 e. The quantitative estimate of drug-likeness (QED) is 0.437. The van der Waals surface area contributed by atoms with Crippen LogP contribution in [0.25, 0.3) is 0 Å². The van der Waals surface area contributed by atoms with Gasteiger partial charge in [0, 0.05) is 33.1 Å². The number of nitrogens with zero attached hydrogens (tertiary/aromatic N) is 2. The zero-order valence-corrected chi connectivity index (χ0v) is 17.2. The number of ether oxygens (including phenoxy) is 1. The summed E-state index contributed by atoms with van der Waals surface area (Å²) in [5, 5.41) is 6.10. The Labute approximate surface area is 163 Å². The maximum absolute atomic E-state index is 11.6. The molecule has 1 aromatic carbocycles. The van der Waals surface area contributed by atoms with Crippen LogP contribution in [0.4, 0.5) is 0 Å². The summed E-state index contributed by atoms with van der Waals surface area (Å²) in [5.74, 6) is 2.46. The van der Waals surface area contributed by atoms with Gasteiger partial charge in [0.2, 0.25) is 5.91 Å². The third-order valence-corrected chi connectivity index (χ3v) is 4.82. The molecule has 0 aromatic heterocycles. The number of nitrogens with one attached hydrogen (secondary N) is 2. The smallest absolute Gasteiger partial charge is 0.220 e. The molecule has 1 aliphatic heterocycles. The van der Waals surface area contributed by atoms with Crippen LogP contribution in [0.2, 0.25) is 0 Å². The van der Waals surface area contributed by atoms with E-state index in [0.29, 0.717) is 25.5 Å². The first kappa shape index (κ1) is 21.1. The number of hydrogen-bond donors (Lipinski definition) is 2. The number of amides is 1. The predicted molar refractivity (Wildman–Crippen MR) is 110 cm³/mol. The SMILES string of the molecule is CCNC(=NCCOc1cc(C)cc(C)c1)N1CCC(CC(=O)NC)CC1. The van der Waals surface area contributed by atoms with Crippen molar-refractivity contribution in [3.05, 3.63) is 29.3 Å². The fraction of sp³-hybridized carbons (Fsp3) is 0.619. The summed E-state index contributed by atoms with van der Waals surface area (Å²) in [4.78, 5) is 18.6. The van der Waals surface area contributed by atoms with Crippen molar-refractivity contribution in [3.63, 3.8) is 0 Å². The molecule has 2 N–H and O–H groups in total. The average molecular weight is 375 g/mol. The molecule has 1 amide bonds. The Morgan fingerprint density at radius 3 is 2.48 bits per heavy atom. The molecule has 0 radical (unpaired) electrons. The third kappa shape index (κ3) is 7.12. The van der Waals surface area contributed by atoms with E-state index in [1.54, 1.807) is 7.05 Å². The Morgan fingerprint density at radius 1 is 1.22 bits per heavy atom. The van der Waals surface area contributed by atoms with Gasteiger partial charge in [-0.2, -0.15) is 0 Å². The number of likely N-dealkylation sites (tertiary alicyclic amines) is 1. The Morgan fingerprint density at radius 2 is 1.89 bits per heavy atom. The highest BCUT2D eigenvalue weighted by molar-refractivity contribution is 5.80. The molecule has 0 atom stereocenters. The third-order valence-electron chi connectivity index (χ3n) is 4.82. The van der Waals surface area contributed by atoms with Crippen molar-refractivity contribution in [1.29, 1.82) is 0 Å². The van der Waals surface area contributed by atoms with Crippen LogP contribution in [-0.2, 0) is 4.79 Å². The molecule has 2 rings (SSSR count). The molecule has 6 heteroatoms. The molecule has 1 heterocycles. The molecule has 0 bridgehead atoms.